The standard InChI is InChI=1S/C14H28N2O/c1-3-4-5-6-7-8-14(17)16-10-9-12(2)13(16)11-15/h12-13H,3-11,15H2,1-2H3. The molecule has 0 radical (unpaired) electrons. The minimum Gasteiger partial charge on any atom is -0.338 e. The molecule has 0 aromatic heterocycles. The zero-order valence-corrected chi connectivity index (χ0v) is 11.5. The Labute approximate surface area is 106 Å². The van der Waals surface area contributed by atoms with Gasteiger partial charge in [0.25, 0.3) is 0 Å². The molecule has 0 aliphatic carbocycles. The number of nitrogens with zero attached hydrogens (tertiary/aromatic N) is 1. The van der Waals surface area contributed by atoms with Crippen LogP contribution in [-0.2, 0) is 4.79 Å². The molecule has 1 amide bonds. The quantitative estimate of drug-likeness (QED) is 0.695. The summed E-state index contributed by atoms with van der Waals surface area (Å²) in [6, 6.07) is 0.290. The number of carbonyl (C=O) groups is 1. The Bertz CT molecular complexity index is 230. The number of nitrogens with two attached hydrogens (primary N) is 1. The number of likely N-dealkylation sites (tertiary alicyclic amines) is 1. The molecule has 0 aromatic carbocycles. The molecule has 2 atom stereocenters. The van der Waals surface area contributed by atoms with Crippen molar-refractivity contribution in [1.29, 1.82) is 0 Å². The van der Waals surface area contributed by atoms with E-state index in [4.69, 9.17) is 5.73 Å². The molecular formula is C14H28N2O. The topological polar surface area (TPSA) is 46.3 Å². The van der Waals surface area contributed by atoms with E-state index in [-0.39, 0.29) is 6.04 Å². The van der Waals surface area contributed by atoms with Crippen LogP contribution >= 0.6 is 0 Å². The average Bonchev–Trinajstić information content (AvgIpc) is 2.70. The highest BCUT2D eigenvalue weighted by atomic mass is 16.2. The van der Waals surface area contributed by atoms with Gasteiger partial charge in [0.05, 0.1) is 0 Å². The Morgan fingerprint density at radius 2 is 2.00 bits per heavy atom. The van der Waals surface area contributed by atoms with Crippen LogP contribution in [0.25, 0.3) is 0 Å². The molecule has 1 fully saturated rings. The summed E-state index contributed by atoms with van der Waals surface area (Å²) in [5.74, 6) is 0.894. The van der Waals surface area contributed by atoms with Crippen molar-refractivity contribution in [1.82, 2.24) is 4.90 Å². The first-order valence-corrected chi connectivity index (χ1v) is 7.20. The average molecular weight is 240 g/mol. The smallest absolute Gasteiger partial charge is 0.222 e. The van der Waals surface area contributed by atoms with Gasteiger partial charge in [0.1, 0.15) is 0 Å². The normalized spacial score (nSPS) is 24.3. The van der Waals surface area contributed by atoms with E-state index in [0.717, 1.165) is 19.4 Å². The van der Waals surface area contributed by atoms with Crippen LogP contribution in [0.2, 0.25) is 0 Å². The van der Waals surface area contributed by atoms with Gasteiger partial charge >= 0.3 is 0 Å². The van der Waals surface area contributed by atoms with Crippen molar-refractivity contribution in [2.24, 2.45) is 11.7 Å². The van der Waals surface area contributed by atoms with E-state index in [1.54, 1.807) is 0 Å². The summed E-state index contributed by atoms with van der Waals surface area (Å²) >= 11 is 0. The molecule has 1 saturated heterocycles. The lowest BCUT2D eigenvalue weighted by atomic mass is 10.0. The predicted octanol–water partition coefficient (Wildman–Crippen LogP) is 2.54. The third kappa shape index (κ3) is 4.30. The van der Waals surface area contributed by atoms with Crippen LogP contribution < -0.4 is 5.73 Å². The molecule has 0 aromatic rings. The predicted molar refractivity (Wildman–Crippen MR) is 71.7 cm³/mol. The van der Waals surface area contributed by atoms with Gasteiger partial charge in [0, 0.05) is 25.6 Å². The molecule has 1 aliphatic rings. The second kappa shape index (κ2) is 7.70. The number of carbonyl (C=O) groups excluding carboxylic acids is 1. The molecule has 2 N–H and O–H groups in total. The Balaban J connectivity index is 2.23. The fraction of sp³-hybridized carbons (Fsp3) is 0.929. The summed E-state index contributed by atoms with van der Waals surface area (Å²) in [5, 5.41) is 0. The van der Waals surface area contributed by atoms with E-state index in [0.29, 0.717) is 24.8 Å². The van der Waals surface area contributed by atoms with Crippen LogP contribution in [0.3, 0.4) is 0 Å². The van der Waals surface area contributed by atoms with Gasteiger partial charge in [-0.05, 0) is 18.8 Å². The molecule has 0 spiro atoms. The summed E-state index contributed by atoms with van der Waals surface area (Å²) < 4.78 is 0. The summed E-state index contributed by atoms with van der Waals surface area (Å²) in [7, 11) is 0. The molecular weight excluding hydrogens is 212 g/mol. The first kappa shape index (κ1) is 14.5. The van der Waals surface area contributed by atoms with Crippen LogP contribution in [0.15, 0.2) is 0 Å². The summed E-state index contributed by atoms with van der Waals surface area (Å²) in [5.41, 5.74) is 5.75. The fourth-order valence-corrected chi connectivity index (χ4v) is 2.70. The fourth-order valence-electron chi connectivity index (χ4n) is 2.70. The largest absolute Gasteiger partial charge is 0.338 e. The SMILES string of the molecule is CCCCCCCC(=O)N1CCC(C)C1CN. The van der Waals surface area contributed by atoms with Gasteiger partial charge in [-0.2, -0.15) is 0 Å². The van der Waals surface area contributed by atoms with Crippen LogP contribution in [0.4, 0.5) is 0 Å². The van der Waals surface area contributed by atoms with E-state index in [2.05, 4.69) is 13.8 Å². The molecule has 2 unspecified atom stereocenters. The lowest BCUT2D eigenvalue weighted by Crippen LogP contribution is -2.42. The molecule has 0 saturated carbocycles. The van der Waals surface area contributed by atoms with Gasteiger partial charge in [-0.1, -0.05) is 39.5 Å². The van der Waals surface area contributed by atoms with E-state index < -0.39 is 0 Å². The Morgan fingerprint density at radius 1 is 1.29 bits per heavy atom. The van der Waals surface area contributed by atoms with Crippen molar-refractivity contribution in [3.05, 3.63) is 0 Å². The lowest BCUT2D eigenvalue weighted by molar-refractivity contribution is -0.132. The van der Waals surface area contributed by atoms with Crippen LogP contribution in [0.1, 0.15) is 58.8 Å². The summed E-state index contributed by atoms with van der Waals surface area (Å²) in [4.78, 5) is 14.1. The molecule has 100 valence electrons. The third-order valence-corrected chi connectivity index (χ3v) is 3.94. The van der Waals surface area contributed by atoms with Gasteiger partial charge < -0.3 is 10.6 Å². The lowest BCUT2D eigenvalue weighted by Gasteiger charge is -2.25. The minimum absolute atomic E-state index is 0.290. The molecule has 1 rings (SSSR count). The number of unbranched alkanes of at least 4 members (excludes halogenated alkanes) is 4. The second-order valence-electron chi connectivity index (χ2n) is 5.32. The van der Waals surface area contributed by atoms with Gasteiger partial charge in [-0.15, -0.1) is 0 Å². The van der Waals surface area contributed by atoms with E-state index >= 15 is 0 Å². The summed E-state index contributed by atoms with van der Waals surface area (Å²) in [6.07, 6.45) is 7.88. The number of hydrogen-bond acceptors (Lipinski definition) is 2. The maximum Gasteiger partial charge on any atom is 0.222 e. The Morgan fingerprint density at radius 3 is 2.65 bits per heavy atom. The first-order valence-electron chi connectivity index (χ1n) is 7.20. The van der Waals surface area contributed by atoms with Gasteiger partial charge in [0.2, 0.25) is 5.91 Å². The van der Waals surface area contributed by atoms with Crippen LogP contribution in [0.5, 0.6) is 0 Å². The molecule has 3 heteroatoms. The number of rotatable bonds is 7. The van der Waals surface area contributed by atoms with Crippen molar-refractivity contribution in [2.75, 3.05) is 13.1 Å². The highest BCUT2D eigenvalue weighted by molar-refractivity contribution is 5.76. The van der Waals surface area contributed by atoms with Crippen molar-refractivity contribution < 1.29 is 4.79 Å². The Kier molecular flexibility index (Phi) is 6.56. The summed E-state index contributed by atoms with van der Waals surface area (Å²) in [6.45, 7) is 5.94. The molecule has 17 heavy (non-hydrogen) atoms. The molecule has 0 bridgehead atoms. The van der Waals surface area contributed by atoms with Gasteiger partial charge in [-0.3, -0.25) is 4.79 Å². The maximum atomic E-state index is 12.1. The van der Waals surface area contributed by atoms with E-state index in [1.165, 1.54) is 25.7 Å². The van der Waals surface area contributed by atoms with Crippen LogP contribution in [0, 0.1) is 5.92 Å². The monoisotopic (exact) mass is 240 g/mol. The number of amides is 1. The molecule has 1 heterocycles. The Hall–Kier alpha value is -0.570. The third-order valence-electron chi connectivity index (χ3n) is 3.94. The minimum atomic E-state index is 0.290. The van der Waals surface area contributed by atoms with Crippen molar-refractivity contribution >= 4 is 5.91 Å². The maximum absolute atomic E-state index is 12.1. The van der Waals surface area contributed by atoms with Crippen LogP contribution in [-0.4, -0.2) is 29.9 Å². The highest BCUT2D eigenvalue weighted by Gasteiger charge is 2.32. The first-order chi connectivity index (χ1) is 8.20. The number of hydrogen-bond donors (Lipinski definition) is 1. The van der Waals surface area contributed by atoms with Gasteiger partial charge in [-0.25, -0.2) is 0 Å². The van der Waals surface area contributed by atoms with Crippen molar-refractivity contribution in [2.45, 2.75) is 64.8 Å². The molecule has 3 nitrogen and oxygen atoms in total. The van der Waals surface area contributed by atoms with Crippen molar-refractivity contribution in [3.63, 3.8) is 0 Å². The van der Waals surface area contributed by atoms with E-state index in [1.807, 2.05) is 4.90 Å². The zero-order chi connectivity index (χ0) is 12.7. The van der Waals surface area contributed by atoms with Gasteiger partial charge in [0.15, 0.2) is 0 Å². The zero-order valence-electron chi connectivity index (χ0n) is 11.5. The van der Waals surface area contributed by atoms with Crippen molar-refractivity contribution in [3.8, 4) is 0 Å². The van der Waals surface area contributed by atoms with E-state index in [9.17, 15) is 4.79 Å². The highest BCUT2D eigenvalue weighted by Crippen LogP contribution is 2.24. The second-order valence-corrected chi connectivity index (χ2v) is 5.32. The molecule has 1 aliphatic heterocycles.